The minimum Gasteiger partial charge on any atom is -0.321 e. The summed E-state index contributed by atoms with van der Waals surface area (Å²) in [6.45, 7) is 7.98. The van der Waals surface area contributed by atoms with E-state index in [0.717, 1.165) is 39.0 Å². The summed E-state index contributed by atoms with van der Waals surface area (Å²) in [5.41, 5.74) is 6.37. The van der Waals surface area contributed by atoms with Gasteiger partial charge in [-0.3, -0.25) is 14.0 Å². The second kappa shape index (κ2) is 6.32. The number of aromatic nitrogens is 2. The van der Waals surface area contributed by atoms with E-state index in [1.807, 2.05) is 58.0 Å². The number of aryl methyl sites for hydroxylation is 3. The standard InChI is InChI=1S/C21H19N3O2S/c1-11-6-5-7-15(14(11)4)22-20(26)18-10-19(25)24-17-9-13(3)12(2)8-16(17)23-21(24)27-18/h5-10H,1-4H3,(H,22,26). The Morgan fingerprint density at radius 3 is 2.56 bits per heavy atom. The van der Waals surface area contributed by atoms with Gasteiger partial charge in [-0.2, -0.15) is 0 Å². The van der Waals surface area contributed by atoms with Gasteiger partial charge in [-0.1, -0.05) is 23.5 Å². The van der Waals surface area contributed by atoms with Gasteiger partial charge in [-0.05, 0) is 68.1 Å². The number of nitrogens with one attached hydrogen (secondary N) is 1. The molecule has 5 nitrogen and oxygen atoms in total. The molecule has 0 bridgehead atoms. The minimum atomic E-state index is -0.298. The Bertz CT molecular complexity index is 1280. The maximum Gasteiger partial charge on any atom is 0.266 e. The lowest BCUT2D eigenvalue weighted by atomic mass is 10.1. The minimum absolute atomic E-state index is 0.249. The molecule has 136 valence electrons. The number of carbonyl (C=O) groups excluding carboxylic acids is 1. The van der Waals surface area contributed by atoms with E-state index in [1.54, 1.807) is 4.40 Å². The van der Waals surface area contributed by atoms with Gasteiger partial charge >= 0.3 is 0 Å². The van der Waals surface area contributed by atoms with Crippen molar-refractivity contribution >= 4 is 38.9 Å². The molecule has 2 aromatic carbocycles. The van der Waals surface area contributed by atoms with Crippen molar-refractivity contribution in [1.82, 2.24) is 9.38 Å². The average molecular weight is 377 g/mol. The first-order valence-corrected chi connectivity index (χ1v) is 9.48. The molecule has 0 unspecified atom stereocenters. The molecule has 2 heterocycles. The third-order valence-electron chi connectivity index (χ3n) is 4.99. The van der Waals surface area contributed by atoms with Gasteiger partial charge in [0.05, 0.1) is 11.0 Å². The molecule has 0 spiro atoms. The number of imidazole rings is 1. The molecule has 4 rings (SSSR count). The molecule has 27 heavy (non-hydrogen) atoms. The Kier molecular flexibility index (Phi) is 4.08. The largest absolute Gasteiger partial charge is 0.321 e. The highest BCUT2D eigenvalue weighted by atomic mass is 32.1. The van der Waals surface area contributed by atoms with Crippen LogP contribution in [0, 0.1) is 27.7 Å². The van der Waals surface area contributed by atoms with Gasteiger partial charge in [0.15, 0.2) is 4.96 Å². The summed E-state index contributed by atoms with van der Waals surface area (Å²) in [7, 11) is 0. The molecular weight excluding hydrogens is 358 g/mol. The predicted molar refractivity (Wildman–Crippen MR) is 110 cm³/mol. The summed E-state index contributed by atoms with van der Waals surface area (Å²) in [6, 6.07) is 11.1. The predicted octanol–water partition coefficient (Wildman–Crippen LogP) is 4.40. The Hall–Kier alpha value is -2.99. The molecule has 0 aliphatic heterocycles. The normalized spacial score (nSPS) is 11.3. The van der Waals surface area contributed by atoms with Crippen LogP contribution in [0.25, 0.3) is 16.0 Å². The zero-order valence-electron chi connectivity index (χ0n) is 15.6. The molecule has 0 atom stereocenters. The van der Waals surface area contributed by atoms with Crippen LogP contribution >= 0.6 is 11.3 Å². The van der Waals surface area contributed by atoms with Crippen molar-refractivity contribution < 1.29 is 4.79 Å². The van der Waals surface area contributed by atoms with Crippen LogP contribution in [0.5, 0.6) is 0 Å². The van der Waals surface area contributed by atoms with Crippen LogP contribution < -0.4 is 10.9 Å². The maximum atomic E-state index is 12.7. The maximum absolute atomic E-state index is 12.7. The molecule has 0 radical (unpaired) electrons. The van der Waals surface area contributed by atoms with Crippen LogP contribution in [0.1, 0.15) is 31.9 Å². The first kappa shape index (κ1) is 17.4. The molecular formula is C21H19N3O2S. The Morgan fingerprint density at radius 1 is 1.04 bits per heavy atom. The van der Waals surface area contributed by atoms with Crippen LogP contribution in [0.2, 0.25) is 0 Å². The highest BCUT2D eigenvalue weighted by Gasteiger charge is 2.15. The van der Waals surface area contributed by atoms with E-state index >= 15 is 0 Å². The van der Waals surface area contributed by atoms with Gasteiger partial charge in [0.25, 0.3) is 11.5 Å². The van der Waals surface area contributed by atoms with Crippen LogP contribution in [-0.2, 0) is 0 Å². The Labute approximate surface area is 160 Å². The van der Waals surface area contributed by atoms with Crippen LogP contribution in [0.15, 0.2) is 41.2 Å². The lowest BCUT2D eigenvalue weighted by Gasteiger charge is -2.10. The topological polar surface area (TPSA) is 63.5 Å². The van der Waals surface area contributed by atoms with Gasteiger partial charge in [0.1, 0.15) is 4.88 Å². The van der Waals surface area contributed by atoms with E-state index in [1.165, 1.54) is 17.4 Å². The summed E-state index contributed by atoms with van der Waals surface area (Å²) in [5.74, 6) is -0.298. The summed E-state index contributed by atoms with van der Waals surface area (Å²) in [5, 5.41) is 2.91. The molecule has 0 saturated heterocycles. The van der Waals surface area contributed by atoms with Gasteiger partial charge in [-0.15, -0.1) is 0 Å². The van der Waals surface area contributed by atoms with E-state index < -0.39 is 0 Å². The summed E-state index contributed by atoms with van der Waals surface area (Å²) in [4.78, 5) is 30.8. The number of carbonyl (C=O) groups is 1. The summed E-state index contributed by atoms with van der Waals surface area (Å²) < 4.78 is 1.57. The van der Waals surface area contributed by atoms with Crippen molar-refractivity contribution in [2.75, 3.05) is 5.32 Å². The second-order valence-corrected chi connectivity index (χ2v) is 7.81. The van der Waals surface area contributed by atoms with E-state index in [-0.39, 0.29) is 11.5 Å². The molecule has 4 aromatic rings. The van der Waals surface area contributed by atoms with Gasteiger partial charge in [0, 0.05) is 11.8 Å². The monoisotopic (exact) mass is 377 g/mol. The van der Waals surface area contributed by atoms with E-state index in [2.05, 4.69) is 10.3 Å². The van der Waals surface area contributed by atoms with Crippen molar-refractivity contribution in [1.29, 1.82) is 0 Å². The smallest absolute Gasteiger partial charge is 0.266 e. The molecule has 1 N–H and O–H groups in total. The number of fused-ring (bicyclic) bond motifs is 3. The lowest BCUT2D eigenvalue weighted by molar-refractivity contribution is 0.103. The SMILES string of the molecule is Cc1cc2nc3sc(C(=O)Nc4cccc(C)c4C)cc(=O)n3c2cc1C. The van der Waals surface area contributed by atoms with Crippen molar-refractivity contribution in [2.24, 2.45) is 0 Å². The molecule has 0 aliphatic carbocycles. The van der Waals surface area contributed by atoms with Crippen LogP contribution in [0.4, 0.5) is 5.69 Å². The van der Waals surface area contributed by atoms with E-state index in [0.29, 0.717) is 9.84 Å². The van der Waals surface area contributed by atoms with Gasteiger partial charge in [-0.25, -0.2) is 4.98 Å². The third kappa shape index (κ3) is 2.92. The average Bonchev–Trinajstić information content (AvgIpc) is 2.97. The number of hydrogen-bond donors (Lipinski definition) is 1. The Morgan fingerprint density at radius 2 is 1.78 bits per heavy atom. The molecule has 1 amide bonds. The van der Waals surface area contributed by atoms with Gasteiger partial charge < -0.3 is 5.32 Å². The van der Waals surface area contributed by atoms with Crippen molar-refractivity contribution in [3.05, 3.63) is 73.9 Å². The highest BCUT2D eigenvalue weighted by Crippen LogP contribution is 2.24. The number of benzene rings is 2. The van der Waals surface area contributed by atoms with Crippen molar-refractivity contribution in [2.45, 2.75) is 27.7 Å². The lowest BCUT2D eigenvalue weighted by Crippen LogP contribution is -2.17. The number of amides is 1. The quantitative estimate of drug-likeness (QED) is 0.563. The van der Waals surface area contributed by atoms with Crippen LogP contribution in [0.3, 0.4) is 0 Å². The fourth-order valence-corrected chi connectivity index (χ4v) is 4.00. The fraction of sp³-hybridized carbons (Fsp3) is 0.190. The fourth-order valence-electron chi connectivity index (χ4n) is 3.08. The van der Waals surface area contributed by atoms with Gasteiger partial charge in [0.2, 0.25) is 0 Å². The van der Waals surface area contributed by atoms with E-state index in [4.69, 9.17) is 0 Å². The zero-order valence-corrected chi connectivity index (χ0v) is 16.4. The third-order valence-corrected chi connectivity index (χ3v) is 5.97. The molecule has 0 fully saturated rings. The second-order valence-electron chi connectivity index (χ2n) is 6.81. The molecule has 6 heteroatoms. The van der Waals surface area contributed by atoms with Crippen molar-refractivity contribution in [3.63, 3.8) is 0 Å². The first-order chi connectivity index (χ1) is 12.8. The first-order valence-electron chi connectivity index (χ1n) is 8.66. The molecule has 0 aliphatic rings. The molecule has 0 saturated carbocycles. The van der Waals surface area contributed by atoms with Crippen LogP contribution in [-0.4, -0.2) is 15.3 Å². The number of hydrogen-bond acceptors (Lipinski definition) is 4. The summed E-state index contributed by atoms with van der Waals surface area (Å²) >= 11 is 1.22. The number of rotatable bonds is 2. The number of nitrogens with zero attached hydrogens (tertiary/aromatic N) is 2. The van der Waals surface area contributed by atoms with E-state index in [9.17, 15) is 9.59 Å². The number of anilines is 1. The Balaban J connectivity index is 1.81. The summed E-state index contributed by atoms with van der Waals surface area (Å²) in [6.07, 6.45) is 0. The highest BCUT2D eigenvalue weighted by molar-refractivity contribution is 7.18. The molecule has 2 aromatic heterocycles. The van der Waals surface area contributed by atoms with Crippen molar-refractivity contribution in [3.8, 4) is 0 Å². The zero-order chi connectivity index (χ0) is 19.3.